The molecule has 0 saturated heterocycles. The number of hydrogen-bond donors (Lipinski definition) is 3. The molecular formula is C17H15Cl2N5O. The van der Waals surface area contributed by atoms with Crippen LogP contribution in [-0.4, -0.2) is 18.1 Å². The van der Waals surface area contributed by atoms with Crippen LogP contribution in [0, 0.1) is 0 Å². The Bertz CT molecular complexity index is 902. The smallest absolute Gasteiger partial charge is 0.256 e. The topological polar surface area (TPSA) is 106 Å². The number of fused-ring (bicyclic) bond motifs is 1. The monoisotopic (exact) mass is 375 g/mol. The summed E-state index contributed by atoms with van der Waals surface area (Å²) in [5.74, 6) is -0.271. The lowest BCUT2D eigenvalue weighted by molar-refractivity contribution is -0.110. The van der Waals surface area contributed by atoms with Crippen LogP contribution in [0.1, 0.15) is 16.7 Å². The molecule has 1 aliphatic rings. The van der Waals surface area contributed by atoms with Gasteiger partial charge in [0.25, 0.3) is 5.91 Å². The average Bonchev–Trinajstić information content (AvgIpc) is 2.83. The van der Waals surface area contributed by atoms with Crippen LogP contribution >= 0.6 is 24.0 Å². The third-order valence-electron chi connectivity index (χ3n) is 3.37. The maximum absolute atomic E-state index is 12.2. The van der Waals surface area contributed by atoms with Gasteiger partial charge in [-0.15, -0.1) is 17.5 Å². The second-order valence-electron chi connectivity index (χ2n) is 5.14. The predicted molar refractivity (Wildman–Crippen MR) is 105 cm³/mol. The number of carbonyl (C=O) groups excluding carboxylic acids is 1. The average molecular weight is 376 g/mol. The Morgan fingerprint density at radius 1 is 1.12 bits per heavy atom. The molecule has 6 nitrogen and oxygen atoms in total. The zero-order valence-electron chi connectivity index (χ0n) is 12.9. The van der Waals surface area contributed by atoms with E-state index in [1.54, 1.807) is 24.3 Å². The van der Waals surface area contributed by atoms with Crippen molar-refractivity contribution in [2.45, 2.75) is 0 Å². The van der Waals surface area contributed by atoms with Crippen LogP contribution in [0.3, 0.4) is 0 Å². The minimum Gasteiger partial charge on any atom is -0.369 e. The van der Waals surface area contributed by atoms with Gasteiger partial charge in [-0.1, -0.05) is 29.8 Å². The van der Waals surface area contributed by atoms with Gasteiger partial charge in [0.2, 0.25) is 5.96 Å². The normalized spacial score (nSPS) is 14.1. The van der Waals surface area contributed by atoms with E-state index in [2.05, 4.69) is 15.5 Å². The number of benzene rings is 2. The van der Waals surface area contributed by atoms with Gasteiger partial charge in [0, 0.05) is 21.8 Å². The van der Waals surface area contributed by atoms with E-state index < -0.39 is 0 Å². The van der Waals surface area contributed by atoms with E-state index in [1.807, 2.05) is 24.3 Å². The first-order valence-corrected chi connectivity index (χ1v) is 7.46. The Morgan fingerprint density at radius 2 is 1.88 bits per heavy atom. The molecule has 8 heteroatoms. The number of nitrogens with one attached hydrogen (secondary N) is 1. The summed E-state index contributed by atoms with van der Waals surface area (Å²) in [5.41, 5.74) is 14.2. The van der Waals surface area contributed by atoms with Crippen LogP contribution in [0.2, 0.25) is 5.02 Å². The van der Waals surface area contributed by atoms with E-state index in [1.165, 1.54) is 6.21 Å². The number of nitrogens with zero attached hydrogens (tertiary/aromatic N) is 2. The molecule has 0 bridgehead atoms. The highest BCUT2D eigenvalue weighted by Gasteiger charge is 2.24. The van der Waals surface area contributed by atoms with Gasteiger partial charge in [0.1, 0.15) is 0 Å². The number of halogens is 2. The Balaban J connectivity index is 0.00000225. The fourth-order valence-electron chi connectivity index (χ4n) is 2.36. The summed E-state index contributed by atoms with van der Waals surface area (Å²) < 4.78 is 0. The van der Waals surface area contributed by atoms with Crippen LogP contribution in [-0.2, 0) is 4.79 Å². The second-order valence-corrected chi connectivity index (χ2v) is 5.58. The van der Waals surface area contributed by atoms with Gasteiger partial charge >= 0.3 is 0 Å². The van der Waals surface area contributed by atoms with Crippen molar-refractivity contribution >= 4 is 59.4 Å². The van der Waals surface area contributed by atoms with Crippen molar-refractivity contribution in [3.05, 3.63) is 64.2 Å². The lowest BCUT2D eigenvalue weighted by Gasteiger charge is -2.00. The number of anilines is 1. The van der Waals surface area contributed by atoms with Crippen molar-refractivity contribution in [2.24, 2.45) is 21.7 Å². The van der Waals surface area contributed by atoms with E-state index in [4.69, 9.17) is 23.1 Å². The quantitative estimate of drug-likeness (QED) is 0.332. The van der Waals surface area contributed by atoms with Crippen molar-refractivity contribution in [2.75, 3.05) is 5.32 Å². The summed E-state index contributed by atoms with van der Waals surface area (Å²) in [6.07, 6.45) is 3.33. The van der Waals surface area contributed by atoms with Crippen molar-refractivity contribution in [1.82, 2.24) is 0 Å². The van der Waals surface area contributed by atoms with Gasteiger partial charge in [-0.3, -0.25) is 4.79 Å². The Morgan fingerprint density at radius 3 is 2.64 bits per heavy atom. The number of nitrogens with two attached hydrogens (primary N) is 2. The molecule has 0 spiro atoms. The SMILES string of the molecule is Cl.NC(N)=N/N=C/c1cccc(/C=C2/C(=O)Nc3ccc(Cl)cc32)c1. The van der Waals surface area contributed by atoms with Crippen molar-refractivity contribution in [3.63, 3.8) is 0 Å². The summed E-state index contributed by atoms with van der Waals surface area (Å²) in [7, 11) is 0. The van der Waals surface area contributed by atoms with Gasteiger partial charge in [-0.25, -0.2) is 0 Å². The van der Waals surface area contributed by atoms with E-state index >= 15 is 0 Å². The number of guanidine groups is 1. The summed E-state index contributed by atoms with van der Waals surface area (Å²) >= 11 is 6.03. The number of amides is 1. The largest absolute Gasteiger partial charge is 0.369 e. The summed E-state index contributed by atoms with van der Waals surface area (Å²) in [6, 6.07) is 12.8. The second kappa shape index (κ2) is 7.83. The zero-order chi connectivity index (χ0) is 17.1. The van der Waals surface area contributed by atoms with Crippen molar-refractivity contribution in [1.29, 1.82) is 0 Å². The van der Waals surface area contributed by atoms with Gasteiger partial charge < -0.3 is 16.8 Å². The molecule has 2 aromatic carbocycles. The van der Waals surface area contributed by atoms with E-state index in [0.717, 1.165) is 22.4 Å². The lowest BCUT2D eigenvalue weighted by Crippen LogP contribution is -2.21. The highest BCUT2D eigenvalue weighted by Crippen LogP contribution is 2.34. The van der Waals surface area contributed by atoms with Crippen LogP contribution < -0.4 is 16.8 Å². The fourth-order valence-corrected chi connectivity index (χ4v) is 2.53. The summed E-state index contributed by atoms with van der Waals surface area (Å²) in [6.45, 7) is 0. The van der Waals surface area contributed by atoms with Crippen LogP contribution in [0.25, 0.3) is 11.6 Å². The maximum atomic E-state index is 12.2. The third-order valence-corrected chi connectivity index (χ3v) is 3.60. The lowest BCUT2D eigenvalue weighted by atomic mass is 10.0. The third kappa shape index (κ3) is 4.37. The minimum absolute atomic E-state index is 0. The van der Waals surface area contributed by atoms with E-state index in [9.17, 15) is 4.79 Å². The Hall–Kier alpha value is -2.83. The molecule has 0 radical (unpaired) electrons. The zero-order valence-corrected chi connectivity index (χ0v) is 14.5. The van der Waals surface area contributed by atoms with Gasteiger partial charge in [0.05, 0.1) is 6.21 Å². The molecule has 0 aromatic heterocycles. The van der Waals surface area contributed by atoms with E-state index in [-0.39, 0.29) is 24.3 Å². The highest BCUT2D eigenvalue weighted by atomic mass is 35.5. The summed E-state index contributed by atoms with van der Waals surface area (Å²) in [4.78, 5) is 12.2. The molecule has 0 aliphatic carbocycles. The molecule has 0 saturated carbocycles. The highest BCUT2D eigenvalue weighted by molar-refractivity contribution is 6.36. The fraction of sp³-hybridized carbons (Fsp3) is 0. The maximum Gasteiger partial charge on any atom is 0.256 e. The van der Waals surface area contributed by atoms with Crippen LogP contribution in [0.4, 0.5) is 5.69 Å². The van der Waals surface area contributed by atoms with Gasteiger partial charge in [0.15, 0.2) is 0 Å². The molecule has 1 aliphatic heterocycles. The molecule has 1 amide bonds. The summed E-state index contributed by atoms with van der Waals surface area (Å²) in [5, 5.41) is 10.7. The Kier molecular flexibility index (Phi) is 5.80. The minimum atomic E-state index is -0.160. The predicted octanol–water partition coefficient (Wildman–Crippen LogP) is 2.86. The molecule has 0 unspecified atom stereocenters. The van der Waals surface area contributed by atoms with Crippen LogP contribution in [0.15, 0.2) is 52.7 Å². The van der Waals surface area contributed by atoms with Crippen LogP contribution in [0.5, 0.6) is 0 Å². The van der Waals surface area contributed by atoms with Gasteiger partial charge in [-0.2, -0.15) is 5.10 Å². The standard InChI is InChI=1S/C17H14ClN5O.ClH/c18-12-4-5-15-13(8-12)14(16(24)22-15)7-10-2-1-3-11(6-10)9-21-23-17(19)20;/h1-9H,(H,22,24)(H4,19,20,23);1H/b14-7+,21-9+;. The molecule has 3 rings (SSSR count). The molecule has 5 N–H and O–H groups in total. The molecule has 1 heterocycles. The first kappa shape index (κ1) is 18.5. The first-order chi connectivity index (χ1) is 11.5. The molecule has 128 valence electrons. The Labute approximate surface area is 155 Å². The first-order valence-electron chi connectivity index (χ1n) is 7.08. The van der Waals surface area contributed by atoms with Crippen molar-refractivity contribution < 1.29 is 4.79 Å². The molecule has 0 atom stereocenters. The van der Waals surface area contributed by atoms with Crippen molar-refractivity contribution in [3.8, 4) is 0 Å². The number of carbonyl (C=O) groups is 1. The molecule has 0 fully saturated rings. The van der Waals surface area contributed by atoms with Gasteiger partial charge in [-0.05, 0) is 41.5 Å². The molecular weight excluding hydrogens is 361 g/mol. The molecule has 2 aromatic rings. The van der Waals surface area contributed by atoms with E-state index in [0.29, 0.717) is 10.6 Å². The number of rotatable bonds is 3. The molecule has 25 heavy (non-hydrogen) atoms. The number of hydrogen-bond acceptors (Lipinski definition) is 3.